The molecule has 0 radical (unpaired) electrons. The second kappa shape index (κ2) is 7.03. The van der Waals surface area contributed by atoms with Gasteiger partial charge in [-0.05, 0) is 49.7 Å². The average molecular weight is 358 g/mol. The minimum atomic E-state index is -0.870. The summed E-state index contributed by atoms with van der Waals surface area (Å²) in [7, 11) is 0. The molecule has 7 heteroatoms. The molecule has 2 aromatic carbocycles. The fourth-order valence-corrected chi connectivity index (χ4v) is 2.61. The summed E-state index contributed by atoms with van der Waals surface area (Å²) >= 11 is 0. The number of hydrogen-bond acceptors (Lipinski definition) is 3. The molecule has 134 valence electrons. The molecule has 5 nitrogen and oxygen atoms in total. The minimum Gasteiger partial charge on any atom is -0.326 e. The van der Waals surface area contributed by atoms with E-state index in [1.54, 1.807) is 24.3 Å². The third-order valence-electron chi connectivity index (χ3n) is 4.21. The molecule has 1 saturated carbocycles. The van der Waals surface area contributed by atoms with Gasteiger partial charge in [0.1, 0.15) is 11.6 Å². The fraction of sp³-hybridized carbons (Fsp3) is 0.211. The molecular weight excluding hydrogens is 342 g/mol. The monoisotopic (exact) mass is 358 g/mol. The number of hydrogen-bond donors (Lipinski definition) is 2. The van der Waals surface area contributed by atoms with E-state index < -0.39 is 29.4 Å². The highest BCUT2D eigenvalue weighted by molar-refractivity contribution is 6.03. The molecule has 0 bridgehead atoms. The maximum atomic E-state index is 13.6. The molecule has 2 amide bonds. The third-order valence-corrected chi connectivity index (χ3v) is 4.21. The second-order valence-electron chi connectivity index (χ2n) is 6.18. The largest absolute Gasteiger partial charge is 0.326 e. The highest BCUT2D eigenvalue weighted by Gasteiger charge is 2.48. The Kier molecular flexibility index (Phi) is 4.79. The van der Waals surface area contributed by atoms with Gasteiger partial charge in [-0.25, -0.2) is 8.78 Å². The van der Waals surface area contributed by atoms with Gasteiger partial charge in [0.05, 0.1) is 17.5 Å². The summed E-state index contributed by atoms with van der Waals surface area (Å²) in [6, 6.07) is 9.28. The number of rotatable bonds is 5. The van der Waals surface area contributed by atoms with E-state index >= 15 is 0 Å². The molecule has 26 heavy (non-hydrogen) atoms. The highest BCUT2D eigenvalue weighted by atomic mass is 19.1. The van der Waals surface area contributed by atoms with E-state index in [4.69, 9.17) is 0 Å². The number of halogens is 2. The normalized spacial score (nSPS) is 18.1. The van der Waals surface area contributed by atoms with Crippen LogP contribution >= 0.6 is 0 Å². The molecule has 0 spiro atoms. The summed E-state index contributed by atoms with van der Waals surface area (Å²) < 4.78 is 26.4. The summed E-state index contributed by atoms with van der Waals surface area (Å²) in [6.45, 7) is 1.45. The van der Waals surface area contributed by atoms with Gasteiger partial charge < -0.3 is 10.6 Å². The van der Waals surface area contributed by atoms with Crippen molar-refractivity contribution in [2.24, 2.45) is 11.8 Å². The molecule has 0 aliphatic heterocycles. The fourth-order valence-electron chi connectivity index (χ4n) is 2.61. The van der Waals surface area contributed by atoms with Crippen LogP contribution in [-0.4, -0.2) is 17.6 Å². The third kappa shape index (κ3) is 3.93. The van der Waals surface area contributed by atoms with Crippen LogP contribution in [0.3, 0.4) is 0 Å². The Morgan fingerprint density at radius 1 is 0.923 bits per heavy atom. The summed E-state index contributed by atoms with van der Waals surface area (Å²) in [6.07, 6.45) is 0.353. The van der Waals surface area contributed by atoms with Crippen LogP contribution < -0.4 is 10.6 Å². The lowest BCUT2D eigenvalue weighted by molar-refractivity contribution is -0.122. The zero-order valence-electron chi connectivity index (χ0n) is 13.9. The number of anilines is 2. The first-order valence-corrected chi connectivity index (χ1v) is 8.03. The van der Waals surface area contributed by atoms with Crippen LogP contribution in [-0.2, 0) is 9.59 Å². The molecular formula is C19H16F2N2O3. The van der Waals surface area contributed by atoms with Gasteiger partial charge >= 0.3 is 0 Å². The predicted octanol–water partition coefficient (Wildman–Crippen LogP) is 3.38. The van der Waals surface area contributed by atoms with Crippen LogP contribution in [0.2, 0.25) is 0 Å². The van der Waals surface area contributed by atoms with Gasteiger partial charge in [0.2, 0.25) is 11.8 Å². The molecule has 2 atom stereocenters. The molecule has 3 rings (SSSR count). The van der Waals surface area contributed by atoms with Crippen molar-refractivity contribution in [2.75, 3.05) is 10.6 Å². The Bertz CT molecular complexity index is 881. The van der Waals surface area contributed by atoms with Crippen LogP contribution in [0.15, 0.2) is 42.5 Å². The lowest BCUT2D eigenvalue weighted by atomic mass is 10.1. The number of benzene rings is 2. The topological polar surface area (TPSA) is 75.3 Å². The number of amides is 2. The molecule has 0 saturated heterocycles. The van der Waals surface area contributed by atoms with E-state index in [0.29, 0.717) is 23.7 Å². The Hall–Kier alpha value is -3.09. The van der Waals surface area contributed by atoms with Gasteiger partial charge in [0, 0.05) is 17.3 Å². The van der Waals surface area contributed by atoms with E-state index in [9.17, 15) is 23.2 Å². The molecule has 1 fully saturated rings. The van der Waals surface area contributed by atoms with Crippen molar-refractivity contribution < 1.29 is 23.2 Å². The molecule has 2 N–H and O–H groups in total. The van der Waals surface area contributed by atoms with Crippen LogP contribution in [0.25, 0.3) is 0 Å². The molecule has 2 aromatic rings. The lowest BCUT2D eigenvalue weighted by Crippen LogP contribution is -2.21. The van der Waals surface area contributed by atoms with E-state index in [1.165, 1.54) is 6.92 Å². The van der Waals surface area contributed by atoms with Crippen LogP contribution in [0.5, 0.6) is 0 Å². The van der Waals surface area contributed by atoms with Gasteiger partial charge in [-0.3, -0.25) is 14.4 Å². The van der Waals surface area contributed by atoms with Gasteiger partial charge in [0.25, 0.3) is 0 Å². The van der Waals surface area contributed by atoms with Crippen molar-refractivity contribution in [1.82, 2.24) is 0 Å². The van der Waals surface area contributed by atoms with Gasteiger partial charge in [0.15, 0.2) is 5.78 Å². The molecule has 0 heterocycles. The number of nitrogens with one attached hydrogen (secondary N) is 2. The summed E-state index contributed by atoms with van der Waals surface area (Å²) in [4.78, 5) is 35.5. The zero-order chi connectivity index (χ0) is 18.8. The first-order chi connectivity index (χ1) is 12.3. The average Bonchev–Trinajstić information content (AvgIpc) is 3.39. The van der Waals surface area contributed by atoms with Crippen molar-refractivity contribution in [1.29, 1.82) is 0 Å². The summed E-state index contributed by atoms with van der Waals surface area (Å²) in [5, 5.41) is 5.05. The first kappa shape index (κ1) is 17.7. The van der Waals surface area contributed by atoms with Crippen LogP contribution in [0, 0.1) is 23.5 Å². The second-order valence-corrected chi connectivity index (χ2v) is 6.18. The first-order valence-electron chi connectivity index (χ1n) is 8.03. The van der Waals surface area contributed by atoms with Crippen molar-refractivity contribution in [3.8, 4) is 0 Å². The minimum absolute atomic E-state index is 0.0742. The van der Waals surface area contributed by atoms with Crippen LogP contribution in [0.4, 0.5) is 20.2 Å². The summed E-state index contributed by atoms with van der Waals surface area (Å²) in [5.41, 5.74) is 0.936. The van der Waals surface area contributed by atoms with Crippen LogP contribution in [0.1, 0.15) is 23.7 Å². The van der Waals surface area contributed by atoms with E-state index in [-0.39, 0.29) is 17.4 Å². The lowest BCUT2D eigenvalue weighted by Gasteiger charge is -2.07. The Balaban J connectivity index is 1.56. The molecule has 0 aromatic heterocycles. The Labute approximate surface area is 148 Å². The predicted molar refractivity (Wildman–Crippen MR) is 91.7 cm³/mol. The molecule has 1 aliphatic carbocycles. The molecule has 1 aliphatic rings. The Morgan fingerprint density at radius 3 is 2.12 bits per heavy atom. The maximum Gasteiger partial charge on any atom is 0.228 e. The van der Waals surface area contributed by atoms with Gasteiger partial charge in [-0.2, -0.15) is 0 Å². The number of Topliss-reactive ketones (excluding diaryl/α,β-unsaturated/α-hetero) is 1. The van der Waals surface area contributed by atoms with Crippen molar-refractivity contribution in [3.05, 3.63) is 59.7 Å². The summed E-state index contributed by atoms with van der Waals surface area (Å²) in [5.74, 6) is -3.55. The molecule has 2 unspecified atom stereocenters. The Morgan fingerprint density at radius 2 is 1.54 bits per heavy atom. The quantitative estimate of drug-likeness (QED) is 0.805. The van der Waals surface area contributed by atoms with Gasteiger partial charge in [-0.15, -0.1) is 0 Å². The van der Waals surface area contributed by atoms with E-state index in [2.05, 4.69) is 10.6 Å². The van der Waals surface area contributed by atoms with Crippen molar-refractivity contribution >= 4 is 29.0 Å². The smallest absolute Gasteiger partial charge is 0.228 e. The van der Waals surface area contributed by atoms with Crippen molar-refractivity contribution in [2.45, 2.75) is 13.3 Å². The number of carbonyl (C=O) groups is 3. The number of carbonyl (C=O) groups excluding carboxylic acids is 3. The maximum absolute atomic E-state index is 13.6. The standard InChI is InChI=1S/C19H16F2N2O3/c1-10(24)11-2-5-13(6-3-11)22-18(25)14-9-15(14)19(26)23-17-7-4-12(20)8-16(17)21/h2-8,14-15H,9H2,1H3,(H,22,25)(H,23,26). The van der Waals surface area contributed by atoms with Crippen molar-refractivity contribution in [3.63, 3.8) is 0 Å². The van der Waals surface area contributed by atoms with E-state index in [0.717, 1.165) is 12.1 Å². The number of ketones is 1. The highest BCUT2D eigenvalue weighted by Crippen LogP contribution is 2.40. The SMILES string of the molecule is CC(=O)c1ccc(NC(=O)C2CC2C(=O)Nc2ccc(F)cc2F)cc1. The van der Waals surface area contributed by atoms with E-state index in [1.807, 2.05) is 0 Å². The zero-order valence-corrected chi connectivity index (χ0v) is 13.9. The van der Waals surface area contributed by atoms with Gasteiger partial charge in [-0.1, -0.05) is 0 Å².